The van der Waals surface area contributed by atoms with Crippen LogP contribution in [0.2, 0.25) is 0 Å². The number of amides is 1. The first kappa shape index (κ1) is 27.2. The number of carboxylic acids is 1. The molecule has 1 aromatic carbocycles. The van der Waals surface area contributed by atoms with Crippen molar-refractivity contribution in [2.75, 3.05) is 12.3 Å². The van der Waals surface area contributed by atoms with Crippen LogP contribution in [0.1, 0.15) is 57.7 Å². The van der Waals surface area contributed by atoms with Gasteiger partial charge in [-0.3, -0.25) is 9.69 Å². The van der Waals surface area contributed by atoms with Gasteiger partial charge >= 0.3 is 18.0 Å². The van der Waals surface area contributed by atoms with Crippen LogP contribution in [0.3, 0.4) is 0 Å². The smallest absolute Gasteiger partial charge is 0.411 e. The molecule has 0 unspecified atom stereocenters. The van der Waals surface area contributed by atoms with Gasteiger partial charge in [0.1, 0.15) is 17.7 Å². The van der Waals surface area contributed by atoms with Crippen LogP contribution < -0.4 is 0 Å². The molecule has 0 bridgehead atoms. The van der Waals surface area contributed by atoms with Gasteiger partial charge in [0.25, 0.3) is 0 Å². The monoisotopic (exact) mass is 491 g/mol. The summed E-state index contributed by atoms with van der Waals surface area (Å²) in [5.74, 6) is -1.18. The minimum absolute atomic E-state index is 0.175. The van der Waals surface area contributed by atoms with Crippen molar-refractivity contribution in [2.24, 2.45) is 0 Å². The zero-order valence-corrected chi connectivity index (χ0v) is 21.3. The van der Waals surface area contributed by atoms with Gasteiger partial charge in [0.2, 0.25) is 0 Å². The highest BCUT2D eigenvalue weighted by Crippen LogP contribution is 2.20. The Morgan fingerprint density at radius 1 is 1.03 bits per heavy atom. The van der Waals surface area contributed by atoms with Crippen molar-refractivity contribution in [3.63, 3.8) is 0 Å². The number of aryl methyl sites for hydroxylation is 1. The predicted octanol–water partition coefficient (Wildman–Crippen LogP) is 4.45. The number of imidazole rings is 1. The standard InChI is InChI=1S/C24H33N3O6S/c1-23(2,3)32-19(28)15-27(22(31)33-24(4,5)6)14-18-20(21(29)30)25-16-26(18)12-13-34-17-10-8-7-9-11-17/h7-11,16H,12-15H2,1-6H3,(H,29,30). The van der Waals surface area contributed by atoms with Gasteiger partial charge in [0.15, 0.2) is 5.69 Å². The average Bonchev–Trinajstić information content (AvgIpc) is 3.08. The molecule has 2 aromatic rings. The number of hydrogen-bond acceptors (Lipinski definition) is 7. The maximum absolute atomic E-state index is 12.9. The molecule has 0 atom stereocenters. The SMILES string of the molecule is CC(C)(C)OC(=O)CN(Cc1c(C(=O)O)ncn1CCSc1ccccc1)C(=O)OC(C)(C)C. The number of carbonyl (C=O) groups is 3. The first-order chi connectivity index (χ1) is 15.7. The van der Waals surface area contributed by atoms with Crippen molar-refractivity contribution in [1.29, 1.82) is 0 Å². The summed E-state index contributed by atoms with van der Waals surface area (Å²) < 4.78 is 12.5. The summed E-state index contributed by atoms with van der Waals surface area (Å²) in [7, 11) is 0. The predicted molar refractivity (Wildman–Crippen MR) is 129 cm³/mol. The van der Waals surface area contributed by atoms with E-state index in [0.29, 0.717) is 18.0 Å². The summed E-state index contributed by atoms with van der Waals surface area (Å²) in [6.07, 6.45) is 0.687. The first-order valence-corrected chi connectivity index (χ1v) is 11.9. The number of rotatable bonds is 9. The van der Waals surface area contributed by atoms with Crippen LogP contribution in [0, 0.1) is 0 Å². The van der Waals surface area contributed by atoms with Crippen molar-refractivity contribution in [3.05, 3.63) is 48.0 Å². The Labute approximate surface area is 204 Å². The molecule has 186 valence electrons. The molecular weight excluding hydrogens is 458 g/mol. The fraction of sp³-hybridized carbons (Fsp3) is 0.500. The van der Waals surface area contributed by atoms with Crippen LogP contribution in [0.4, 0.5) is 4.79 Å². The van der Waals surface area contributed by atoms with E-state index in [0.717, 1.165) is 9.80 Å². The number of carboxylic acid groups (broad SMARTS) is 1. The van der Waals surface area contributed by atoms with Crippen LogP contribution in [0.15, 0.2) is 41.6 Å². The van der Waals surface area contributed by atoms with E-state index in [2.05, 4.69) is 4.98 Å². The molecule has 0 aliphatic carbocycles. The number of aromatic nitrogens is 2. The highest BCUT2D eigenvalue weighted by molar-refractivity contribution is 7.99. The quantitative estimate of drug-likeness (QED) is 0.404. The second kappa shape index (κ2) is 11.4. The molecule has 10 heteroatoms. The molecule has 0 saturated heterocycles. The molecule has 1 N–H and O–H groups in total. The number of aromatic carboxylic acids is 1. The van der Waals surface area contributed by atoms with Gasteiger partial charge in [0.05, 0.1) is 18.6 Å². The van der Waals surface area contributed by atoms with Crippen molar-refractivity contribution in [2.45, 2.75) is 70.7 Å². The molecule has 0 fully saturated rings. The maximum Gasteiger partial charge on any atom is 0.411 e. The Morgan fingerprint density at radius 3 is 2.21 bits per heavy atom. The maximum atomic E-state index is 12.9. The molecule has 1 amide bonds. The zero-order chi connectivity index (χ0) is 25.5. The molecule has 0 radical (unpaired) electrons. The Bertz CT molecular complexity index is 992. The molecule has 9 nitrogen and oxygen atoms in total. The number of ether oxygens (including phenoxy) is 2. The number of hydrogen-bond donors (Lipinski definition) is 1. The summed E-state index contributed by atoms with van der Waals surface area (Å²) in [5, 5.41) is 9.65. The second-order valence-electron chi connectivity index (χ2n) is 9.62. The normalized spacial score (nSPS) is 11.7. The summed E-state index contributed by atoms with van der Waals surface area (Å²) in [4.78, 5) is 43.4. The Morgan fingerprint density at radius 2 is 1.65 bits per heavy atom. The number of esters is 1. The topological polar surface area (TPSA) is 111 Å². The highest BCUT2D eigenvalue weighted by atomic mass is 32.2. The lowest BCUT2D eigenvalue weighted by molar-refractivity contribution is -0.156. The number of nitrogens with zero attached hydrogens (tertiary/aromatic N) is 3. The lowest BCUT2D eigenvalue weighted by Gasteiger charge is -2.28. The van der Waals surface area contributed by atoms with E-state index < -0.39 is 35.8 Å². The third-order valence-corrected chi connectivity index (χ3v) is 5.22. The van der Waals surface area contributed by atoms with E-state index in [4.69, 9.17) is 9.47 Å². The molecule has 1 aromatic heterocycles. The fourth-order valence-corrected chi connectivity index (χ4v) is 3.82. The van der Waals surface area contributed by atoms with Gasteiger partial charge in [-0.1, -0.05) is 18.2 Å². The highest BCUT2D eigenvalue weighted by Gasteiger charge is 2.29. The lowest BCUT2D eigenvalue weighted by atomic mass is 10.2. The lowest BCUT2D eigenvalue weighted by Crippen LogP contribution is -2.42. The third kappa shape index (κ3) is 9.09. The molecular formula is C24H33N3O6S. The summed E-state index contributed by atoms with van der Waals surface area (Å²) in [6, 6.07) is 9.82. The fourth-order valence-electron chi connectivity index (χ4n) is 2.95. The van der Waals surface area contributed by atoms with Crippen LogP contribution in [-0.2, 0) is 27.4 Å². The van der Waals surface area contributed by atoms with E-state index in [-0.39, 0.29) is 12.2 Å². The van der Waals surface area contributed by atoms with Crippen LogP contribution in [0.25, 0.3) is 0 Å². The van der Waals surface area contributed by atoms with Gasteiger partial charge < -0.3 is 19.1 Å². The molecule has 34 heavy (non-hydrogen) atoms. The minimum Gasteiger partial charge on any atom is -0.476 e. The minimum atomic E-state index is -1.22. The van der Waals surface area contributed by atoms with Crippen LogP contribution >= 0.6 is 11.8 Å². The Balaban J connectivity index is 2.26. The molecule has 0 spiro atoms. The Kier molecular flexibility index (Phi) is 9.14. The van der Waals surface area contributed by atoms with E-state index >= 15 is 0 Å². The van der Waals surface area contributed by atoms with Crippen molar-refractivity contribution < 1.29 is 29.0 Å². The molecule has 0 aliphatic rings. The van der Waals surface area contributed by atoms with Crippen LogP contribution in [0.5, 0.6) is 0 Å². The van der Waals surface area contributed by atoms with Gasteiger partial charge in [-0.2, -0.15) is 0 Å². The summed E-state index contributed by atoms with van der Waals surface area (Å²) in [6.45, 7) is 10.2. The van der Waals surface area contributed by atoms with Gasteiger partial charge in [-0.05, 0) is 53.7 Å². The van der Waals surface area contributed by atoms with Gasteiger partial charge in [-0.25, -0.2) is 14.6 Å². The van der Waals surface area contributed by atoms with Crippen molar-refractivity contribution in [3.8, 4) is 0 Å². The number of carbonyl (C=O) groups excluding carboxylic acids is 2. The van der Waals surface area contributed by atoms with Gasteiger partial charge in [-0.15, -0.1) is 11.8 Å². The molecule has 0 saturated carbocycles. The molecule has 2 rings (SSSR count). The third-order valence-electron chi connectivity index (χ3n) is 4.23. The van der Waals surface area contributed by atoms with Gasteiger partial charge in [0, 0.05) is 17.2 Å². The second-order valence-corrected chi connectivity index (χ2v) is 10.8. The first-order valence-electron chi connectivity index (χ1n) is 10.9. The molecule has 0 aliphatic heterocycles. The van der Waals surface area contributed by atoms with E-state index in [9.17, 15) is 19.5 Å². The summed E-state index contributed by atoms with van der Waals surface area (Å²) in [5.41, 5.74) is -1.41. The van der Waals surface area contributed by atoms with Crippen LogP contribution in [-0.4, -0.2) is 61.1 Å². The largest absolute Gasteiger partial charge is 0.476 e. The van der Waals surface area contributed by atoms with E-state index in [1.165, 1.54) is 6.33 Å². The average molecular weight is 492 g/mol. The summed E-state index contributed by atoms with van der Waals surface area (Å²) >= 11 is 1.62. The zero-order valence-electron chi connectivity index (χ0n) is 20.5. The van der Waals surface area contributed by atoms with E-state index in [1.54, 1.807) is 57.9 Å². The van der Waals surface area contributed by atoms with Crippen molar-refractivity contribution >= 4 is 29.8 Å². The molecule has 1 heterocycles. The Hall–Kier alpha value is -3.01. The van der Waals surface area contributed by atoms with Crippen molar-refractivity contribution in [1.82, 2.24) is 14.5 Å². The number of benzene rings is 1. The number of thioether (sulfide) groups is 1. The van der Waals surface area contributed by atoms with E-state index in [1.807, 2.05) is 30.3 Å².